The van der Waals surface area contributed by atoms with Gasteiger partial charge < -0.3 is 19.3 Å². The van der Waals surface area contributed by atoms with E-state index in [1.165, 1.54) is 0 Å². The molecule has 1 atom stereocenters. The van der Waals surface area contributed by atoms with E-state index in [4.69, 9.17) is 9.47 Å². The lowest BCUT2D eigenvalue weighted by Gasteiger charge is -2.27. The van der Waals surface area contributed by atoms with Crippen molar-refractivity contribution in [3.8, 4) is 5.75 Å². The molecule has 2 aliphatic rings. The fourth-order valence-electron chi connectivity index (χ4n) is 3.86. The molecule has 0 radical (unpaired) electrons. The van der Waals surface area contributed by atoms with Crippen LogP contribution in [-0.2, 0) is 4.74 Å². The second-order valence-electron chi connectivity index (χ2n) is 7.40. The molecule has 2 amide bonds. The molecule has 0 aromatic heterocycles. The Balaban J connectivity index is 1.33. The minimum Gasteiger partial charge on any atom is -0.491 e. The van der Waals surface area contributed by atoms with E-state index >= 15 is 0 Å². The monoisotopic (exact) mass is 394 g/mol. The van der Waals surface area contributed by atoms with E-state index in [1.807, 2.05) is 52.3 Å². The summed E-state index contributed by atoms with van der Waals surface area (Å²) in [5.74, 6) is 0.793. The second kappa shape index (κ2) is 9.09. The summed E-state index contributed by atoms with van der Waals surface area (Å²) in [6.07, 6.45) is 1.92. The first-order chi connectivity index (χ1) is 14.2. The van der Waals surface area contributed by atoms with Crippen LogP contribution < -0.4 is 4.74 Å². The Morgan fingerprint density at radius 1 is 0.897 bits per heavy atom. The van der Waals surface area contributed by atoms with Gasteiger partial charge >= 0.3 is 0 Å². The van der Waals surface area contributed by atoms with E-state index < -0.39 is 0 Å². The smallest absolute Gasteiger partial charge is 0.254 e. The molecule has 6 heteroatoms. The van der Waals surface area contributed by atoms with Crippen LogP contribution in [0, 0.1) is 0 Å². The SMILES string of the molecule is O=C(c1ccc(OC[C@H]2CCCN2C(=O)c2ccccc2)cc1)N1CCOCC1. The highest BCUT2D eigenvalue weighted by Crippen LogP contribution is 2.22. The van der Waals surface area contributed by atoms with E-state index in [0.29, 0.717) is 49.8 Å². The van der Waals surface area contributed by atoms with Crippen LogP contribution in [0.4, 0.5) is 0 Å². The minimum absolute atomic E-state index is 0.0234. The van der Waals surface area contributed by atoms with Crippen molar-refractivity contribution in [2.24, 2.45) is 0 Å². The van der Waals surface area contributed by atoms with Crippen LogP contribution in [0.5, 0.6) is 5.75 Å². The van der Waals surface area contributed by atoms with Crippen LogP contribution in [0.2, 0.25) is 0 Å². The molecule has 2 aromatic rings. The average molecular weight is 394 g/mol. The third-order valence-electron chi connectivity index (χ3n) is 5.50. The molecule has 0 spiro atoms. The summed E-state index contributed by atoms with van der Waals surface area (Å²) in [4.78, 5) is 29.0. The molecule has 2 fully saturated rings. The Kier molecular flexibility index (Phi) is 6.10. The molecule has 0 aliphatic carbocycles. The summed E-state index contributed by atoms with van der Waals surface area (Å²) < 4.78 is 11.2. The van der Waals surface area contributed by atoms with Crippen molar-refractivity contribution in [2.75, 3.05) is 39.5 Å². The molecule has 2 aliphatic heterocycles. The molecular formula is C23H26N2O4. The summed E-state index contributed by atoms with van der Waals surface area (Å²) in [5, 5.41) is 0. The van der Waals surface area contributed by atoms with Crippen molar-refractivity contribution in [3.63, 3.8) is 0 Å². The Bertz CT molecular complexity index is 832. The minimum atomic E-state index is 0.0234. The number of hydrogen-bond acceptors (Lipinski definition) is 4. The molecule has 152 valence electrons. The van der Waals surface area contributed by atoms with Gasteiger partial charge in [0.25, 0.3) is 11.8 Å². The molecule has 2 aromatic carbocycles. The normalized spacial score (nSPS) is 19.2. The van der Waals surface area contributed by atoms with E-state index in [2.05, 4.69) is 0 Å². The number of morpholine rings is 1. The van der Waals surface area contributed by atoms with Gasteiger partial charge in [0.1, 0.15) is 12.4 Å². The third kappa shape index (κ3) is 4.59. The van der Waals surface area contributed by atoms with E-state index in [0.717, 1.165) is 19.4 Å². The summed E-state index contributed by atoms with van der Waals surface area (Å²) in [6, 6.07) is 16.7. The summed E-state index contributed by atoms with van der Waals surface area (Å²) >= 11 is 0. The van der Waals surface area contributed by atoms with Gasteiger partial charge in [-0.15, -0.1) is 0 Å². The molecule has 29 heavy (non-hydrogen) atoms. The number of carbonyl (C=O) groups is 2. The zero-order valence-electron chi connectivity index (χ0n) is 16.5. The molecule has 4 rings (SSSR count). The number of nitrogens with zero attached hydrogens (tertiary/aromatic N) is 2. The second-order valence-corrected chi connectivity index (χ2v) is 7.40. The number of rotatable bonds is 5. The van der Waals surface area contributed by atoms with Gasteiger partial charge in [-0.1, -0.05) is 18.2 Å². The Morgan fingerprint density at radius 2 is 1.59 bits per heavy atom. The molecule has 6 nitrogen and oxygen atoms in total. The molecule has 2 heterocycles. The van der Waals surface area contributed by atoms with E-state index in [9.17, 15) is 9.59 Å². The standard InChI is InChI=1S/C23H26N2O4/c26-22(24-13-15-28-16-14-24)19-8-10-21(11-9-19)29-17-20-7-4-12-25(20)23(27)18-5-2-1-3-6-18/h1-3,5-6,8-11,20H,4,7,12-17H2/t20-/m1/s1. The van der Waals surface area contributed by atoms with Crippen LogP contribution in [0.1, 0.15) is 33.6 Å². The van der Waals surface area contributed by atoms with Gasteiger partial charge in [0.2, 0.25) is 0 Å². The van der Waals surface area contributed by atoms with Gasteiger partial charge in [-0.2, -0.15) is 0 Å². The number of ether oxygens (including phenoxy) is 2. The Labute approximate surface area is 171 Å². The van der Waals surface area contributed by atoms with Crippen molar-refractivity contribution in [1.82, 2.24) is 9.80 Å². The average Bonchev–Trinajstić information content (AvgIpc) is 3.27. The van der Waals surface area contributed by atoms with Gasteiger partial charge in [-0.05, 0) is 49.2 Å². The Hall–Kier alpha value is -2.86. The topological polar surface area (TPSA) is 59.1 Å². The van der Waals surface area contributed by atoms with Gasteiger partial charge in [-0.25, -0.2) is 0 Å². The lowest BCUT2D eigenvalue weighted by molar-refractivity contribution is 0.0303. The van der Waals surface area contributed by atoms with Crippen molar-refractivity contribution in [2.45, 2.75) is 18.9 Å². The van der Waals surface area contributed by atoms with Crippen LogP contribution >= 0.6 is 0 Å². The lowest BCUT2D eigenvalue weighted by Crippen LogP contribution is -2.40. The number of likely N-dealkylation sites (tertiary alicyclic amines) is 1. The van der Waals surface area contributed by atoms with Crippen LogP contribution in [0.3, 0.4) is 0 Å². The number of benzene rings is 2. The number of carbonyl (C=O) groups excluding carboxylic acids is 2. The zero-order chi connectivity index (χ0) is 20.1. The maximum absolute atomic E-state index is 12.8. The fraction of sp³-hybridized carbons (Fsp3) is 0.391. The maximum atomic E-state index is 12.8. The molecular weight excluding hydrogens is 368 g/mol. The van der Waals surface area contributed by atoms with Crippen LogP contribution in [0.15, 0.2) is 54.6 Å². The van der Waals surface area contributed by atoms with Crippen molar-refractivity contribution in [1.29, 1.82) is 0 Å². The van der Waals surface area contributed by atoms with Crippen molar-refractivity contribution >= 4 is 11.8 Å². The maximum Gasteiger partial charge on any atom is 0.254 e. The highest BCUT2D eigenvalue weighted by molar-refractivity contribution is 5.95. The molecule has 0 saturated carbocycles. The van der Waals surface area contributed by atoms with Gasteiger partial charge in [-0.3, -0.25) is 9.59 Å². The fourth-order valence-corrected chi connectivity index (χ4v) is 3.86. The van der Waals surface area contributed by atoms with Crippen LogP contribution in [0.25, 0.3) is 0 Å². The van der Waals surface area contributed by atoms with Gasteiger partial charge in [0, 0.05) is 30.8 Å². The Morgan fingerprint density at radius 3 is 2.31 bits per heavy atom. The van der Waals surface area contributed by atoms with Gasteiger partial charge in [0.05, 0.1) is 19.3 Å². The summed E-state index contributed by atoms with van der Waals surface area (Å²) in [5.41, 5.74) is 1.37. The number of amides is 2. The first-order valence-electron chi connectivity index (χ1n) is 10.2. The lowest BCUT2D eigenvalue weighted by atomic mass is 10.1. The van der Waals surface area contributed by atoms with E-state index in [1.54, 1.807) is 12.1 Å². The highest BCUT2D eigenvalue weighted by Gasteiger charge is 2.30. The van der Waals surface area contributed by atoms with Crippen molar-refractivity contribution in [3.05, 3.63) is 65.7 Å². The predicted octanol–water partition coefficient (Wildman–Crippen LogP) is 2.84. The molecule has 0 bridgehead atoms. The zero-order valence-corrected chi connectivity index (χ0v) is 16.5. The van der Waals surface area contributed by atoms with Crippen LogP contribution in [-0.4, -0.2) is 67.1 Å². The summed E-state index contributed by atoms with van der Waals surface area (Å²) in [6.45, 7) is 3.65. The molecule has 2 saturated heterocycles. The van der Waals surface area contributed by atoms with Gasteiger partial charge in [0.15, 0.2) is 0 Å². The summed E-state index contributed by atoms with van der Waals surface area (Å²) in [7, 11) is 0. The molecule has 0 unspecified atom stereocenters. The van der Waals surface area contributed by atoms with E-state index in [-0.39, 0.29) is 17.9 Å². The predicted molar refractivity (Wildman–Crippen MR) is 109 cm³/mol. The first-order valence-corrected chi connectivity index (χ1v) is 10.2. The largest absolute Gasteiger partial charge is 0.491 e. The van der Waals surface area contributed by atoms with Crippen molar-refractivity contribution < 1.29 is 19.1 Å². The third-order valence-corrected chi connectivity index (χ3v) is 5.50. The highest BCUT2D eigenvalue weighted by atomic mass is 16.5. The first kappa shape index (κ1) is 19.5. The molecule has 0 N–H and O–H groups in total. The quantitative estimate of drug-likeness (QED) is 0.783. The number of hydrogen-bond donors (Lipinski definition) is 0.